The smallest absolute Gasteiger partial charge is 0.166 e. The number of benzene rings is 2. The average molecular weight is 284 g/mol. The summed E-state index contributed by atoms with van der Waals surface area (Å²) in [5.41, 5.74) is 2.13. The zero-order chi connectivity index (χ0) is 15.4. The maximum Gasteiger partial charge on any atom is 0.166 e. The number of carbonyl (C=O) groups excluding carboxylic acids is 2. The van der Waals surface area contributed by atoms with Gasteiger partial charge >= 0.3 is 0 Å². The molecule has 0 aliphatic rings. The van der Waals surface area contributed by atoms with Gasteiger partial charge in [-0.1, -0.05) is 36.8 Å². The molecule has 2 aromatic rings. The molecule has 1 unspecified atom stereocenters. The molecule has 0 fully saturated rings. The van der Waals surface area contributed by atoms with Crippen LogP contribution in [0, 0.1) is 18.7 Å². The third kappa shape index (κ3) is 3.85. The highest BCUT2D eigenvalue weighted by Crippen LogP contribution is 2.16. The van der Waals surface area contributed by atoms with E-state index in [2.05, 4.69) is 0 Å². The lowest BCUT2D eigenvalue weighted by atomic mass is 9.92. The van der Waals surface area contributed by atoms with Crippen LogP contribution in [0.2, 0.25) is 0 Å². The van der Waals surface area contributed by atoms with E-state index in [9.17, 15) is 14.0 Å². The zero-order valence-corrected chi connectivity index (χ0v) is 12.1. The lowest BCUT2D eigenvalue weighted by Crippen LogP contribution is -2.16. The van der Waals surface area contributed by atoms with Gasteiger partial charge in [0.15, 0.2) is 11.6 Å². The molecule has 21 heavy (non-hydrogen) atoms. The van der Waals surface area contributed by atoms with E-state index in [1.165, 1.54) is 24.3 Å². The van der Waals surface area contributed by atoms with Gasteiger partial charge in [-0.25, -0.2) is 4.39 Å². The van der Waals surface area contributed by atoms with Crippen molar-refractivity contribution in [3.05, 3.63) is 71.0 Å². The van der Waals surface area contributed by atoms with Gasteiger partial charge in [0.25, 0.3) is 0 Å². The molecule has 0 amide bonds. The van der Waals surface area contributed by atoms with Gasteiger partial charge in [0.05, 0.1) is 0 Å². The predicted octanol–water partition coefficient (Wildman–Crippen LogP) is 4.23. The first-order valence-corrected chi connectivity index (χ1v) is 6.87. The van der Waals surface area contributed by atoms with Crippen LogP contribution in [-0.4, -0.2) is 11.6 Å². The monoisotopic (exact) mass is 284 g/mol. The second-order valence-electron chi connectivity index (χ2n) is 5.27. The van der Waals surface area contributed by atoms with Gasteiger partial charge in [0.1, 0.15) is 5.82 Å². The number of carbonyl (C=O) groups is 2. The van der Waals surface area contributed by atoms with E-state index in [-0.39, 0.29) is 23.8 Å². The van der Waals surface area contributed by atoms with Gasteiger partial charge in [0.2, 0.25) is 0 Å². The Morgan fingerprint density at radius 1 is 0.952 bits per heavy atom. The van der Waals surface area contributed by atoms with E-state index in [0.717, 1.165) is 5.56 Å². The van der Waals surface area contributed by atoms with Crippen molar-refractivity contribution >= 4 is 11.6 Å². The lowest BCUT2D eigenvalue weighted by Gasteiger charge is -2.10. The third-order valence-corrected chi connectivity index (χ3v) is 3.44. The van der Waals surface area contributed by atoms with Gasteiger partial charge in [-0.05, 0) is 31.2 Å². The van der Waals surface area contributed by atoms with Crippen molar-refractivity contribution in [1.82, 2.24) is 0 Å². The van der Waals surface area contributed by atoms with Crippen LogP contribution in [0.4, 0.5) is 4.39 Å². The molecule has 3 heteroatoms. The van der Waals surface area contributed by atoms with E-state index in [1.54, 1.807) is 19.1 Å². The van der Waals surface area contributed by atoms with Crippen molar-refractivity contribution in [3.63, 3.8) is 0 Å². The standard InChI is InChI=1S/C18H17FO2/c1-12-3-5-15(6-4-12)18(21)13(2)11-17(20)14-7-9-16(19)10-8-14/h3-10,13H,11H2,1-2H3. The molecule has 0 saturated carbocycles. The van der Waals surface area contributed by atoms with Crippen molar-refractivity contribution in [2.75, 3.05) is 0 Å². The minimum absolute atomic E-state index is 0.0505. The quantitative estimate of drug-likeness (QED) is 0.770. The molecule has 0 spiro atoms. The Kier molecular flexibility index (Phi) is 4.63. The number of halogens is 1. The zero-order valence-electron chi connectivity index (χ0n) is 12.1. The van der Waals surface area contributed by atoms with Crippen LogP contribution in [0.15, 0.2) is 48.5 Å². The van der Waals surface area contributed by atoms with Crippen LogP contribution in [0.3, 0.4) is 0 Å². The molecular formula is C18H17FO2. The van der Waals surface area contributed by atoms with Crippen molar-refractivity contribution in [1.29, 1.82) is 0 Å². The summed E-state index contributed by atoms with van der Waals surface area (Å²) in [6, 6.07) is 12.7. The molecule has 0 aromatic heterocycles. The Balaban J connectivity index is 2.05. The number of ketones is 2. The fraction of sp³-hybridized carbons (Fsp3) is 0.222. The van der Waals surface area contributed by atoms with Crippen molar-refractivity contribution in [2.24, 2.45) is 5.92 Å². The molecule has 2 rings (SSSR count). The van der Waals surface area contributed by atoms with Crippen LogP contribution in [0.25, 0.3) is 0 Å². The van der Waals surface area contributed by atoms with E-state index in [1.807, 2.05) is 19.1 Å². The summed E-state index contributed by atoms with van der Waals surface area (Å²) in [5.74, 6) is -0.978. The summed E-state index contributed by atoms with van der Waals surface area (Å²) in [5, 5.41) is 0. The number of Topliss-reactive ketones (excluding diaryl/α,β-unsaturated/α-hetero) is 2. The Bertz CT molecular complexity index is 642. The average Bonchev–Trinajstić information content (AvgIpc) is 2.47. The van der Waals surface area contributed by atoms with Crippen molar-refractivity contribution in [3.8, 4) is 0 Å². The molecule has 0 aliphatic heterocycles. The van der Waals surface area contributed by atoms with Crippen LogP contribution in [-0.2, 0) is 0 Å². The summed E-state index contributed by atoms with van der Waals surface area (Å²) < 4.78 is 12.8. The number of hydrogen-bond acceptors (Lipinski definition) is 2. The van der Waals surface area contributed by atoms with E-state index >= 15 is 0 Å². The van der Waals surface area contributed by atoms with Crippen LogP contribution >= 0.6 is 0 Å². The SMILES string of the molecule is Cc1ccc(C(=O)C(C)CC(=O)c2ccc(F)cc2)cc1. The molecule has 108 valence electrons. The van der Waals surface area contributed by atoms with Crippen molar-refractivity contribution in [2.45, 2.75) is 20.3 Å². The van der Waals surface area contributed by atoms with Crippen LogP contribution in [0.1, 0.15) is 39.6 Å². The first-order chi connectivity index (χ1) is 9.97. The van der Waals surface area contributed by atoms with E-state index < -0.39 is 5.92 Å². The normalized spacial score (nSPS) is 12.0. The first kappa shape index (κ1) is 15.1. The number of rotatable bonds is 5. The third-order valence-electron chi connectivity index (χ3n) is 3.44. The Morgan fingerprint density at radius 2 is 1.48 bits per heavy atom. The van der Waals surface area contributed by atoms with Gasteiger partial charge in [-0.2, -0.15) is 0 Å². The predicted molar refractivity (Wildman–Crippen MR) is 80.0 cm³/mol. The van der Waals surface area contributed by atoms with Crippen LogP contribution < -0.4 is 0 Å². The van der Waals surface area contributed by atoms with E-state index in [0.29, 0.717) is 11.1 Å². The second-order valence-corrected chi connectivity index (χ2v) is 5.27. The fourth-order valence-corrected chi connectivity index (χ4v) is 2.13. The molecule has 2 nitrogen and oxygen atoms in total. The topological polar surface area (TPSA) is 34.1 Å². The highest BCUT2D eigenvalue weighted by molar-refractivity contribution is 6.03. The molecule has 0 N–H and O–H groups in total. The molecule has 0 saturated heterocycles. The van der Waals surface area contributed by atoms with Gasteiger partial charge in [-0.3, -0.25) is 9.59 Å². The highest BCUT2D eigenvalue weighted by atomic mass is 19.1. The maximum absolute atomic E-state index is 12.8. The number of aryl methyl sites for hydroxylation is 1. The summed E-state index contributed by atoms with van der Waals surface area (Å²) in [4.78, 5) is 24.3. The Hall–Kier alpha value is -2.29. The summed E-state index contributed by atoms with van der Waals surface area (Å²) >= 11 is 0. The molecule has 1 atom stereocenters. The highest BCUT2D eigenvalue weighted by Gasteiger charge is 2.19. The minimum Gasteiger partial charge on any atom is -0.294 e. The molecular weight excluding hydrogens is 267 g/mol. The molecule has 2 aromatic carbocycles. The minimum atomic E-state index is -0.398. The second kappa shape index (κ2) is 6.44. The van der Waals surface area contributed by atoms with Gasteiger partial charge < -0.3 is 0 Å². The molecule has 0 radical (unpaired) electrons. The fourth-order valence-electron chi connectivity index (χ4n) is 2.13. The van der Waals surface area contributed by atoms with Gasteiger partial charge in [-0.15, -0.1) is 0 Å². The summed E-state index contributed by atoms with van der Waals surface area (Å²) in [7, 11) is 0. The maximum atomic E-state index is 12.8. The summed E-state index contributed by atoms with van der Waals surface area (Å²) in [6.45, 7) is 3.69. The van der Waals surface area contributed by atoms with Gasteiger partial charge in [0, 0.05) is 23.5 Å². The molecule has 0 heterocycles. The first-order valence-electron chi connectivity index (χ1n) is 6.87. The number of hydrogen-bond donors (Lipinski definition) is 0. The van der Waals surface area contributed by atoms with Crippen LogP contribution in [0.5, 0.6) is 0 Å². The largest absolute Gasteiger partial charge is 0.294 e. The van der Waals surface area contributed by atoms with E-state index in [4.69, 9.17) is 0 Å². The summed E-state index contributed by atoms with van der Waals surface area (Å²) in [6.07, 6.45) is 0.123. The lowest BCUT2D eigenvalue weighted by molar-refractivity contribution is 0.0863. The Morgan fingerprint density at radius 3 is 2.05 bits per heavy atom. The molecule has 0 aliphatic carbocycles. The molecule has 0 bridgehead atoms. The van der Waals surface area contributed by atoms with Crippen molar-refractivity contribution < 1.29 is 14.0 Å². The Labute approximate surface area is 123 Å².